The van der Waals surface area contributed by atoms with Crippen molar-refractivity contribution in [2.75, 3.05) is 13.1 Å². The maximum atomic E-state index is 12.3. The normalized spacial score (nSPS) is 29.4. The molecule has 0 atom stereocenters. The van der Waals surface area contributed by atoms with Crippen molar-refractivity contribution < 1.29 is 8.42 Å². The highest BCUT2D eigenvalue weighted by Gasteiger charge is 2.41. The van der Waals surface area contributed by atoms with Crippen molar-refractivity contribution in [1.29, 1.82) is 0 Å². The molecule has 1 aromatic carbocycles. The van der Waals surface area contributed by atoms with Crippen LogP contribution in [0.1, 0.15) is 55.6 Å². The van der Waals surface area contributed by atoms with Gasteiger partial charge in [-0.15, -0.1) is 0 Å². The highest BCUT2D eigenvalue weighted by Crippen LogP contribution is 2.38. The molecule has 3 fully saturated rings. The third-order valence-electron chi connectivity index (χ3n) is 5.88. The number of aryl methyl sites for hydroxylation is 1. The van der Waals surface area contributed by atoms with Crippen LogP contribution in [0.2, 0.25) is 0 Å². The van der Waals surface area contributed by atoms with E-state index in [1.165, 1.54) is 24.0 Å². The number of nitrogens with one attached hydrogen (secondary N) is 1. The molecule has 4 nitrogen and oxygen atoms in total. The average Bonchev–Trinajstić information content (AvgIpc) is 3.36. The van der Waals surface area contributed by atoms with Crippen molar-refractivity contribution in [2.45, 2.75) is 68.7 Å². The monoisotopic (exact) mass is 348 g/mol. The van der Waals surface area contributed by atoms with Gasteiger partial charge in [0.05, 0.1) is 5.25 Å². The number of hydrogen-bond acceptors (Lipinski definition) is 3. The molecule has 0 amide bonds. The third-order valence-corrected chi connectivity index (χ3v) is 8.28. The number of rotatable bonds is 5. The van der Waals surface area contributed by atoms with E-state index in [1.807, 2.05) is 0 Å². The first-order valence-corrected chi connectivity index (χ1v) is 10.8. The van der Waals surface area contributed by atoms with Crippen LogP contribution in [0.4, 0.5) is 0 Å². The van der Waals surface area contributed by atoms with Crippen molar-refractivity contribution in [3.63, 3.8) is 0 Å². The van der Waals surface area contributed by atoms with Crippen molar-refractivity contribution in [2.24, 2.45) is 0 Å². The zero-order valence-corrected chi connectivity index (χ0v) is 15.3. The van der Waals surface area contributed by atoms with E-state index in [0.29, 0.717) is 31.1 Å². The minimum atomic E-state index is -2.98. The Bertz CT molecular complexity index is 685. The molecule has 2 saturated carbocycles. The van der Waals surface area contributed by atoms with Crippen LogP contribution in [0.15, 0.2) is 24.3 Å². The summed E-state index contributed by atoms with van der Waals surface area (Å²) in [6, 6.07) is 9.95. The lowest BCUT2D eigenvalue weighted by molar-refractivity contribution is 0.218. The molecular weight excluding hydrogens is 320 g/mol. The zero-order valence-electron chi connectivity index (χ0n) is 14.4. The predicted molar refractivity (Wildman–Crippen MR) is 96.6 cm³/mol. The van der Waals surface area contributed by atoms with Crippen LogP contribution < -0.4 is 5.32 Å². The molecule has 24 heavy (non-hydrogen) atoms. The molecule has 1 heterocycles. The van der Waals surface area contributed by atoms with Gasteiger partial charge < -0.3 is 5.32 Å². The highest BCUT2D eigenvalue weighted by molar-refractivity contribution is 7.90. The van der Waals surface area contributed by atoms with Gasteiger partial charge in [-0.05, 0) is 56.9 Å². The molecule has 1 aromatic rings. The first-order valence-electron chi connectivity index (χ1n) is 9.34. The van der Waals surface area contributed by atoms with E-state index in [0.717, 1.165) is 25.7 Å². The van der Waals surface area contributed by atoms with Crippen LogP contribution in [0.25, 0.3) is 0 Å². The Balaban J connectivity index is 1.23. The molecule has 132 valence electrons. The van der Waals surface area contributed by atoms with Gasteiger partial charge in [-0.3, -0.25) is 0 Å². The molecule has 2 aliphatic carbocycles. The van der Waals surface area contributed by atoms with Crippen molar-refractivity contribution in [1.82, 2.24) is 9.62 Å². The Morgan fingerprint density at radius 2 is 1.75 bits per heavy atom. The van der Waals surface area contributed by atoms with E-state index in [-0.39, 0.29) is 5.25 Å². The van der Waals surface area contributed by atoms with Crippen LogP contribution in [0, 0.1) is 6.92 Å². The maximum Gasteiger partial charge on any atom is 0.216 e. The molecule has 0 spiro atoms. The third kappa shape index (κ3) is 3.39. The number of sulfonamides is 1. The maximum absolute atomic E-state index is 12.3. The molecule has 3 aliphatic rings. The van der Waals surface area contributed by atoms with Gasteiger partial charge in [0.1, 0.15) is 0 Å². The van der Waals surface area contributed by atoms with Crippen molar-refractivity contribution >= 4 is 10.0 Å². The Kier molecular flexibility index (Phi) is 4.43. The standard InChI is InChI=1S/C19H28N2O2S/c1-14-3-2-4-15(11-14)16-12-18(13-16)20-17-7-9-21(10-8-17)24(22,23)19-5-6-19/h2-4,11,16-20H,5-10,12-13H2,1H3. The van der Waals surface area contributed by atoms with E-state index >= 15 is 0 Å². The Morgan fingerprint density at radius 1 is 1.04 bits per heavy atom. The van der Waals surface area contributed by atoms with Crippen LogP contribution >= 0.6 is 0 Å². The average molecular weight is 349 g/mol. The summed E-state index contributed by atoms with van der Waals surface area (Å²) < 4.78 is 26.3. The summed E-state index contributed by atoms with van der Waals surface area (Å²) in [7, 11) is -2.98. The zero-order chi connectivity index (χ0) is 16.7. The molecular formula is C19H28N2O2S. The summed E-state index contributed by atoms with van der Waals surface area (Å²) >= 11 is 0. The summed E-state index contributed by atoms with van der Waals surface area (Å²) in [4.78, 5) is 0. The lowest BCUT2D eigenvalue weighted by Gasteiger charge is -2.41. The summed E-state index contributed by atoms with van der Waals surface area (Å²) in [6.07, 6.45) is 6.06. The van der Waals surface area contributed by atoms with Crippen molar-refractivity contribution in [3.05, 3.63) is 35.4 Å². The molecule has 1 aliphatic heterocycles. The van der Waals surface area contributed by atoms with Gasteiger partial charge in [-0.25, -0.2) is 12.7 Å². The predicted octanol–water partition coefficient (Wildman–Crippen LogP) is 2.79. The number of benzene rings is 1. The van der Waals surface area contributed by atoms with Gasteiger partial charge >= 0.3 is 0 Å². The summed E-state index contributed by atoms with van der Waals surface area (Å²) in [5, 5.41) is 3.70. The Morgan fingerprint density at radius 3 is 2.38 bits per heavy atom. The molecule has 1 N–H and O–H groups in total. The van der Waals surface area contributed by atoms with Crippen LogP contribution in [0.3, 0.4) is 0 Å². The fraction of sp³-hybridized carbons (Fsp3) is 0.684. The summed E-state index contributed by atoms with van der Waals surface area (Å²) in [5.74, 6) is 0.692. The minimum absolute atomic E-state index is 0.0660. The fourth-order valence-electron chi connectivity index (χ4n) is 4.14. The van der Waals surface area contributed by atoms with E-state index in [4.69, 9.17) is 0 Å². The van der Waals surface area contributed by atoms with Crippen LogP contribution in [-0.4, -0.2) is 43.1 Å². The summed E-state index contributed by atoms with van der Waals surface area (Å²) in [5.41, 5.74) is 2.81. The smallest absolute Gasteiger partial charge is 0.216 e. The molecule has 0 unspecified atom stereocenters. The highest BCUT2D eigenvalue weighted by atomic mass is 32.2. The Hall–Kier alpha value is -0.910. The SMILES string of the molecule is Cc1cccc(C2CC(NC3CCN(S(=O)(=O)C4CC4)CC3)C2)c1. The van der Waals surface area contributed by atoms with Gasteiger partial charge in [-0.1, -0.05) is 29.8 Å². The molecule has 0 bridgehead atoms. The van der Waals surface area contributed by atoms with Gasteiger partial charge in [0.15, 0.2) is 0 Å². The van der Waals surface area contributed by atoms with Gasteiger partial charge in [0, 0.05) is 25.2 Å². The molecule has 0 aromatic heterocycles. The van der Waals surface area contributed by atoms with Crippen LogP contribution in [0.5, 0.6) is 0 Å². The van der Waals surface area contributed by atoms with Gasteiger partial charge in [-0.2, -0.15) is 0 Å². The Labute approximate surface area is 145 Å². The molecule has 1 saturated heterocycles. The van der Waals surface area contributed by atoms with E-state index < -0.39 is 10.0 Å². The second kappa shape index (κ2) is 6.43. The quantitative estimate of drug-likeness (QED) is 0.890. The first kappa shape index (κ1) is 16.6. The number of hydrogen-bond donors (Lipinski definition) is 1. The van der Waals surface area contributed by atoms with Crippen LogP contribution in [-0.2, 0) is 10.0 Å². The first-order chi connectivity index (χ1) is 11.5. The topological polar surface area (TPSA) is 49.4 Å². The number of piperidine rings is 1. The molecule has 0 radical (unpaired) electrons. The lowest BCUT2D eigenvalue weighted by Crippen LogP contribution is -2.51. The molecule has 4 rings (SSSR count). The summed E-state index contributed by atoms with van der Waals surface area (Å²) in [6.45, 7) is 3.55. The second-order valence-electron chi connectivity index (χ2n) is 7.86. The minimum Gasteiger partial charge on any atom is -0.311 e. The van der Waals surface area contributed by atoms with E-state index in [1.54, 1.807) is 4.31 Å². The number of nitrogens with zero attached hydrogens (tertiary/aromatic N) is 1. The fourth-order valence-corrected chi connectivity index (χ4v) is 6.01. The van der Waals surface area contributed by atoms with Crippen molar-refractivity contribution in [3.8, 4) is 0 Å². The second-order valence-corrected chi connectivity index (χ2v) is 10.1. The largest absolute Gasteiger partial charge is 0.311 e. The van der Waals surface area contributed by atoms with E-state index in [9.17, 15) is 8.42 Å². The van der Waals surface area contributed by atoms with Gasteiger partial charge in [0.25, 0.3) is 0 Å². The molecule has 5 heteroatoms. The van der Waals surface area contributed by atoms with Gasteiger partial charge in [0.2, 0.25) is 10.0 Å². The lowest BCUT2D eigenvalue weighted by atomic mass is 9.75. The van der Waals surface area contributed by atoms with E-state index in [2.05, 4.69) is 36.5 Å².